The number of carbonyl (C=O) groups excluding carboxylic acids is 2. The fourth-order valence-electron chi connectivity index (χ4n) is 3.42. The van der Waals surface area contributed by atoms with Crippen LogP contribution >= 0.6 is 0 Å². The van der Waals surface area contributed by atoms with Gasteiger partial charge < -0.3 is 9.64 Å². The van der Waals surface area contributed by atoms with Crippen LogP contribution in [0, 0.1) is 6.92 Å². The molecule has 1 amide bonds. The van der Waals surface area contributed by atoms with Gasteiger partial charge in [-0.3, -0.25) is 4.79 Å². The highest BCUT2D eigenvalue weighted by atomic mass is 16.6. The fraction of sp³-hybridized carbons (Fsp3) is 0.556. The second-order valence-electron chi connectivity index (χ2n) is 6.62. The van der Waals surface area contributed by atoms with Crippen LogP contribution in [0.4, 0.5) is 4.79 Å². The van der Waals surface area contributed by atoms with Gasteiger partial charge in [0.05, 0.1) is 6.04 Å². The molecule has 1 saturated heterocycles. The number of rotatable bonds is 2. The highest BCUT2D eigenvalue weighted by Crippen LogP contribution is 2.38. The second-order valence-corrected chi connectivity index (χ2v) is 6.62. The third-order valence-electron chi connectivity index (χ3n) is 5.09. The van der Waals surface area contributed by atoms with Crippen molar-refractivity contribution in [1.82, 2.24) is 4.90 Å². The standard InChI is InChI=1S/C18H23NO3/c1-13-3-5-15(6-4-13)14(2)19-12-11-18(22-17(19)21)9-7-16(20)8-10-18/h3-6,14H,7-12H2,1-2H3/t14-/m0/s1. The predicted octanol–water partition coefficient (Wildman–Crippen LogP) is 3.78. The first-order valence-electron chi connectivity index (χ1n) is 8.07. The molecule has 0 bridgehead atoms. The zero-order valence-electron chi connectivity index (χ0n) is 13.3. The maximum Gasteiger partial charge on any atom is 0.410 e. The minimum Gasteiger partial charge on any atom is -0.443 e. The number of Topliss-reactive ketones (excluding diaryl/α,β-unsaturated/α-hetero) is 1. The third-order valence-corrected chi connectivity index (χ3v) is 5.09. The molecule has 1 saturated carbocycles. The number of aryl methyl sites for hydroxylation is 1. The summed E-state index contributed by atoms with van der Waals surface area (Å²) in [5.74, 6) is 0.289. The molecule has 3 rings (SSSR count). The number of hydrogen-bond donors (Lipinski definition) is 0. The minimum absolute atomic E-state index is 0.00988. The van der Waals surface area contributed by atoms with Crippen LogP contribution in [-0.2, 0) is 9.53 Å². The summed E-state index contributed by atoms with van der Waals surface area (Å²) in [4.78, 5) is 25.7. The zero-order chi connectivity index (χ0) is 15.7. The van der Waals surface area contributed by atoms with Crippen molar-refractivity contribution >= 4 is 11.9 Å². The summed E-state index contributed by atoms with van der Waals surface area (Å²) in [6, 6.07) is 8.27. The summed E-state index contributed by atoms with van der Waals surface area (Å²) < 4.78 is 5.78. The Morgan fingerprint density at radius 2 is 1.73 bits per heavy atom. The van der Waals surface area contributed by atoms with Gasteiger partial charge in [-0.05, 0) is 32.3 Å². The van der Waals surface area contributed by atoms with Gasteiger partial charge in [0.15, 0.2) is 0 Å². The minimum atomic E-state index is -0.394. The first-order chi connectivity index (χ1) is 10.5. The van der Waals surface area contributed by atoms with E-state index in [0.717, 1.165) is 12.0 Å². The van der Waals surface area contributed by atoms with Crippen LogP contribution in [-0.4, -0.2) is 28.9 Å². The van der Waals surface area contributed by atoms with Crippen molar-refractivity contribution in [3.05, 3.63) is 35.4 Å². The average Bonchev–Trinajstić information content (AvgIpc) is 2.51. The Balaban J connectivity index is 1.69. The van der Waals surface area contributed by atoms with E-state index in [0.29, 0.717) is 32.2 Å². The van der Waals surface area contributed by atoms with Crippen LogP contribution in [0.15, 0.2) is 24.3 Å². The first-order valence-corrected chi connectivity index (χ1v) is 8.07. The van der Waals surface area contributed by atoms with E-state index in [1.807, 2.05) is 6.92 Å². The number of nitrogens with zero attached hydrogens (tertiary/aromatic N) is 1. The number of carbonyl (C=O) groups is 2. The van der Waals surface area contributed by atoms with Crippen LogP contribution in [0.1, 0.15) is 56.2 Å². The van der Waals surface area contributed by atoms with Crippen LogP contribution in [0.3, 0.4) is 0 Å². The van der Waals surface area contributed by atoms with Gasteiger partial charge in [-0.1, -0.05) is 29.8 Å². The summed E-state index contributed by atoms with van der Waals surface area (Å²) in [5.41, 5.74) is 1.94. The van der Waals surface area contributed by atoms with Crippen molar-refractivity contribution in [3.63, 3.8) is 0 Å². The maximum absolute atomic E-state index is 12.4. The van der Waals surface area contributed by atoms with Crippen molar-refractivity contribution in [2.75, 3.05) is 6.54 Å². The number of benzene rings is 1. The van der Waals surface area contributed by atoms with E-state index in [1.165, 1.54) is 5.56 Å². The van der Waals surface area contributed by atoms with Gasteiger partial charge in [0.2, 0.25) is 0 Å². The van der Waals surface area contributed by atoms with E-state index in [-0.39, 0.29) is 17.9 Å². The summed E-state index contributed by atoms with van der Waals surface area (Å²) in [7, 11) is 0. The van der Waals surface area contributed by atoms with Gasteiger partial charge >= 0.3 is 6.09 Å². The summed E-state index contributed by atoms with van der Waals surface area (Å²) in [6.07, 6.45) is 3.03. The molecule has 0 aromatic heterocycles. The van der Waals surface area contributed by atoms with Gasteiger partial charge in [-0.15, -0.1) is 0 Å². The van der Waals surface area contributed by atoms with Crippen molar-refractivity contribution in [3.8, 4) is 0 Å². The lowest BCUT2D eigenvalue weighted by Gasteiger charge is -2.44. The molecule has 1 aliphatic carbocycles. The van der Waals surface area contributed by atoms with Crippen molar-refractivity contribution < 1.29 is 14.3 Å². The van der Waals surface area contributed by atoms with E-state index in [4.69, 9.17) is 4.74 Å². The van der Waals surface area contributed by atoms with E-state index < -0.39 is 5.60 Å². The summed E-state index contributed by atoms with van der Waals surface area (Å²) >= 11 is 0. The number of hydrogen-bond acceptors (Lipinski definition) is 3. The quantitative estimate of drug-likeness (QED) is 0.835. The molecule has 2 fully saturated rings. The van der Waals surface area contributed by atoms with Crippen LogP contribution in [0.2, 0.25) is 0 Å². The largest absolute Gasteiger partial charge is 0.443 e. The second kappa shape index (κ2) is 5.75. The molecular formula is C18H23NO3. The molecule has 0 N–H and O–H groups in total. The van der Waals surface area contributed by atoms with E-state index >= 15 is 0 Å². The van der Waals surface area contributed by atoms with Gasteiger partial charge in [-0.2, -0.15) is 0 Å². The Bertz CT molecular complexity index is 568. The van der Waals surface area contributed by atoms with Crippen LogP contribution in [0.5, 0.6) is 0 Å². The van der Waals surface area contributed by atoms with Crippen molar-refractivity contribution in [2.45, 2.75) is 57.6 Å². The Labute approximate surface area is 131 Å². The normalized spacial score (nSPS) is 22.5. The molecule has 118 valence electrons. The maximum atomic E-state index is 12.4. The molecule has 4 heteroatoms. The molecular weight excluding hydrogens is 278 g/mol. The highest BCUT2D eigenvalue weighted by molar-refractivity contribution is 5.80. The molecule has 1 aromatic carbocycles. The molecule has 0 radical (unpaired) electrons. The molecule has 1 spiro atoms. The van der Waals surface area contributed by atoms with E-state index in [2.05, 4.69) is 31.2 Å². The topological polar surface area (TPSA) is 46.6 Å². The van der Waals surface area contributed by atoms with Gasteiger partial charge in [-0.25, -0.2) is 4.79 Å². The molecule has 22 heavy (non-hydrogen) atoms. The van der Waals surface area contributed by atoms with Gasteiger partial charge in [0.1, 0.15) is 11.4 Å². The SMILES string of the molecule is Cc1ccc([C@H](C)N2CCC3(CCC(=O)CC3)OC2=O)cc1. The highest BCUT2D eigenvalue weighted by Gasteiger charge is 2.44. The lowest BCUT2D eigenvalue weighted by molar-refractivity contribution is -0.129. The lowest BCUT2D eigenvalue weighted by Crippen LogP contribution is -2.51. The fourth-order valence-corrected chi connectivity index (χ4v) is 3.42. The zero-order valence-corrected chi connectivity index (χ0v) is 13.3. The van der Waals surface area contributed by atoms with E-state index in [9.17, 15) is 9.59 Å². The monoisotopic (exact) mass is 301 g/mol. The molecule has 4 nitrogen and oxygen atoms in total. The van der Waals surface area contributed by atoms with Crippen LogP contribution < -0.4 is 0 Å². The molecule has 2 aliphatic rings. The molecule has 1 atom stereocenters. The molecule has 1 aromatic rings. The summed E-state index contributed by atoms with van der Waals surface area (Å²) in [5, 5.41) is 0. The van der Waals surface area contributed by atoms with Crippen molar-refractivity contribution in [1.29, 1.82) is 0 Å². The third kappa shape index (κ3) is 2.87. The molecule has 1 aliphatic heterocycles. The summed E-state index contributed by atoms with van der Waals surface area (Å²) in [6.45, 7) is 4.79. The molecule has 0 unspecified atom stereocenters. The first kappa shape index (κ1) is 15.1. The number of ether oxygens (including phenoxy) is 1. The average molecular weight is 301 g/mol. The van der Waals surface area contributed by atoms with Gasteiger partial charge in [0, 0.05) is 25.8 Å². The smallest absolute Gasteiger partial charge is 0.410 e. The van der Waals surface area contributed by atoms with Crippen molar-refractivity contribution in [2.24, 2.45) is 0 Å². The van der Waals surface area contributed by atoms with Gasteiger partial charge in [0.25, 0.3) is 0 Å². The van der Waals surface area contributed by atoms with Crippen LogP contribution in [0.25, 0.3) is 0 Å². The Kier molecular flexibility index (Phi) is 3.94. The number of amides is 1. The predicted molar refractivity (Wildman–Crippen MR) is 83.6 cm³/mol. The molecule has 1 heterocycles. The number of ketones is 1. The Hall–Kier alpha value is -1.84. The Morgan fingerprint density at radius 1 is 1.09 bits per heavy atom. The Morgan fingerprint density at radius 3 is 2.32 bits per heavy atom. The van der Waals surface area contributed by atoms with E-state index in [1.54, 1.807) is 4.90 Å². The lowest BCUT2D eigenvalue weighted by atomic mass is 9.80.